The molecule has 0 atom stereocenters. The number of carbonyl (C=O) groups is 1. The number of nitrogens with one attached hydrogen (secondary N) is 1. The van der Waals surface area contributed by atoms with Gasteiger partial charge in [0.15, 0.2) is 0 Å². The summed E-state index contributed by atoms with van der Waals surface area (Å²) in [6.45, 7) is 0.284. The summed E-state index contributed by atoms with van der Waals surface area (Å²) in [5, 5.41) is 2.53. The Labute approximate surface area is 107 Å². The number of alkyl halides is 4. The zero-order valence-electron chi connectivity index (χ0n) is 9.30. The van der Waals surface area contributed by atoms with E-state index >= 15 is 0 Å². The largest absolute Gasteiger partial charge is 0.416 e. The maximum absolute atomic E-state index is 12.3. The average molecular weight is 278 g/mol. The van der Waals surface area contributed by atoms with Crippen molar-refractivity contribution < 1.29 is 18.0 Å². The van der Waals surface area contributed by atoms with Crippen molar-refractivity contribution in [2.45, 2.75) is 6.18 Å². The molecule has 0 radical (unpaired) electrons. The first-order valence-electron chi connectivity index (χ1n) is 5.11. The van der Waals surface area contributed by atoms with Crippen LogP contribution in [0.1, 0.15) is 15.9 Å². The van der Waals surface area contributed by atoms with Gasteiger partial charge in [0, 0.05) is 18.0 Å². The Morgan fingerprint density at radius 2 is 1.83 bits per heavy atom. The van der Waals surface area contributed by atoms with Gasteiger partial charge in [0.2, 0.25) is 0 Å². The van der Waals surface area contributed by atoms with Crippen LogP contribution in [0.2, 0.25) is 0 Å². The van der Waals surface area contributed by atoms with Gasteiger partial charge >= 0.3 is 6.18 Å². The number of benzene rings is 1. The van der Waals surface area contributed by atoms with Crippen LogP contribution in [0, 0.1) is 0 Å². The van der Waals surface area contributed by atoms with Gasteiger partial charge in [-0.25, -0.2) is 0 Å². The predicted octanol–water partition coefficient (Wildman–Crippen LogP) is 3.23. The Morgan fingerprint density at radius 1 is 1.22 bits per heavy atom. The monoisotopic (exact) mass is 277 g/mol. The molecule has 0 unspecified atom stereocenters. The Hall–Kier alpha value is -1.49. The summed E-state index contributed by atoms with van der Waals surface area (Å²) in [5.41, 5.74) is -0.594. The molecule has 1 aromatic carbocycles. The molecule has 0 aliphatic carbocycles. The quantitative estimate of drug-likeness (QED) is 0.664. The number of amides is 1. The van der Waals surface area contributed by atoms with Crippen LogP contribution < -0.4 is 5.32 Å². The molecule has 1 rings (SSSR count). The van der Waals surface area contributed by atoms with Crippen LogP contribution >= 0.6 is 11.6 Å². The van der Waals surface area contributed by atoms with E-state index in [1.165, 1.54) is 0 Å². The molecule has 1 amide bonds. The molecule has 98 valence electrons. The van der Waals surface area contributed by atoms with Crippen molar-refractivity contribution in [1.29, 1.82) is 0 Å². The van der Waals surface area contributed by atoms with E-state index in [9.17, 15) is 18.0 Å². The predicted molar refractivity (Wildman–Crippen MR) is 63.6 cm³/mol. The molecule has 6 heteroatoms. The molecule has 0 saturated carbocycles. The van der Waals surface area contributed by atoms with Crippen LogP contribution in [0.4, 0.5) is 13.2 Å². The van der Waals surface area contributed by atoms with Gasteiger partial charge in [-0.15, -0.1) is 11.6 Å². The molecule has 0 heterocycles. The first-order valence-corrected chi connectivity index (χ1v) is 5.65. The van der Waals surface area contributed by atoms with Crippen LogP contribution in [0.3, 0.4) is 0 Å². The van der Waals surface area contributed by atoms with E-state index in [4.69, 9.17) is 11.6 Å². The molecule has 0 aliphatic heterocycles. The van der Waals surface area contributed by atoms with Gasteiger partial charge in [0.1, 0.15) is 0 Å². The van der Waals surface area contributed by atoms with E-state index in [1.807, 2.05) is 0 Å². The van der Waals surface area contributed by atoms with Gasteiger partial charge in [-0.1, -0.05) is 12.2 Å². The number of halogens is 4. The van der Waals surface area contributed by atoms with E-state index < -0.39 is 17.6 Å². The molecule has 2 nitrogen and oxygen atoms in total. The highest BCUT2D eigenvalue weighted by Crippen LogP contribution is 2.28. The molecule has 0 spiro atoms. The maximum atomic E-state index is 12.3. The molecular formula is C12H11ClF3NO. The van der Waals surface area contributed by atoms with Crippen molar-refractivity contribution in [3.05, 3.63) is 47.5 Å². The Balaban J connectivity index is 2.62. The van der Waals surface area contributed by atoms with E-state index in [2.05, 4.69) is 5.32 Å². The van der Waals surface area contributed by atoms with Gasteiger partial charge in [-0.3, -0.25) is 4.79 Å². The minimum atomic E-state index is -4.39. The zero-order chi connectivity index (χ0) is 13.6. The summed E-state index contributed by atoms with van der Waals surface area (Å²) in [5.74, 6) is -0.0844. The van der Waals surface area contributed by atoms with Crippen molar-refractivity contribution in [3.63, 3.8) is 0 Å². The number of hydrogen-bond donors (Lipinski definition) is 1. The van der Waals surface area contributed by atoms with E-state index in [0.717, 1.165) is 24.3 Å². The summed E-state index contributed by atoms with van der Waals surface area (Å²) >= 11 is 5.39. The molecule has 1 N–H and O–H groups in total. The fraction of sp³-hybridized carbons (Fsp3) is 0.250. The highest BCUT2D eigenvalue weighted by molar-refractivity contribution is 6.18. The van der Waals surface area contributed by atoms with Crippen molar-refractivity contribution in [2.24, 2.45) is 0 Å². The smallest absolute Gasteiger partial charge is 0.349 e. The van der Waals surface area contributed by atoms with E-state index in [-0.39, 0.29) is 12.1 Å². The summed E-state index contributed by atoms with van der Waals surface area (Å²) in [7, 11) is 0. The first kappa shape index (κ1) is 14.6. The third-order valence-corrected chi connectivity index (χ3v) is 2.29. The van der Waals surface area contributed by atoms with Crippen molar-refractivity contribution in [3.8, 4) is 0 Å². The van der Waals surface area contributed by atoms with Gasteiger partial charge < -0.3 is 5.32 Å². The normalized spacial score (nSPS) is 11.8. The summed E-state index contributed by atoms with van der Waals surface area (Å²) < 4.78 is 36.9. The molecule has 0 aliphatic rings. The average Bonchev–Trinajstić information content (AvgIpc) is 2.33. The molecule has 0 saturated heterocycles. The van der Waals surface area contributed by atoms with Crippen LogP contribution in [-0.4, -0.2) is 18.3 Å². The molecule has 0 aromatic heterocycles. The second-order valence-electron chi connectivity index (χ2n) is 3.41. The summed E-state index contributed by atoms with van der Waals surface area (Å²) in [4.78, 5) is 11.5. The van der Waals surface area contributed by atoms with Gasteiger partial charge in [0.05, 0.1) is 5.56 Å². The number of allylic oxidation sites excluding steroid dienone is 1. The third kappa shape index (κ3) is 4.41. The standard InChI is InChI=1S/C12H11ClF3NO/c13-7-1-2-8-17-11(18)9-3-5-10(6-4-9)12(14,15)16/h1-6H,7-8H2,(H,17,18)/b2-1+. The second kappa shape index (κ2) is 6.44. The van der Waals surface area contributed by atoms with E-state index in [1.54, 1.807) is 12.2 Å². The molecule has 0 fully saturated rings. The summed E-state index contributed by atoms with van der Waals surface area (Å²) in [6, 6.07) is 4.04. The lowest BCUT2D eigenvalue weighted by Crippen LogP contribution is -2.23. The maximum Gasteiger partial charge on any atom is 0.416 e. The fourth-order valence-corrected chi connectivity index (χ4v) is 1.34. The number of hydrogen-bond acceptors (Lipinski definition) is 1. The molecule has 1 aromatic rings. The number of carbonyl (C=O) groups excluding carboxylic acids is 1. The van der Waals surface area contributed by atoms with Crippen LogP contribution in [-0.2, 0) is 6.18 Å². The zero-order valence-corrected chi connectivity index (χ0v) is 10.1. The SMILES string of the molecule is O=C(NC/C=C/CCl)c1ccc(C(F)(F)F)cc1. The topological polar surface area (TPSA) is 29.1 Å². The van der Waals surface area contributed by atoms with Crippen LogP contribution in [0.25, 0.3) is 0 Å². The molecule has 0 bridgehead atoms. The van der Waals surface area contributed by atoms with E-state index in [0.29, 0.717) is 5.88 Å². The second-order valence-corrected chi connectivity index (χ2v) is 3.72. The van der Waals surface area contributed by atoms with Crippen LogP contribution in [0.15, 0.2) is 36.4 Å². The Morgan fingerprint density at radius 3 is 2.33 bits per heavy atom. The lowest BCUT2D eigenvalue weighted by Gasteiger charge is -2.07. The summed E-state index contributed by atoms with van der Waals surface area (Å²) in [6.07, 6.45) is -1.07. The third-order valence-electron chi connectivity index (χ3n) is 2.11. The molecule has 18 heavy (non-hydrogen) atoms. The lowest BCUT2D eigenvalue weighted by atomic mass is 10.1. The van der Waals surface area contributed by atoms with Crippen molar-refractivity contribution in [1.82, 2.24) is 5.32 Å². The molecular weight excluding hydrogens is 267 g/mol. The lowest BCUT2D eigenvalue weighted by molar-refractivity contribution is -0.137. The van der Waals surface area contributed by atoms with Gasteiger partial charge in [-0.2, -0.15) is 13.2 Å². The Kier molecular flexibility index (Phi) is 5.22. The van der Waals surface area contributed by atoms with Crippen molar-refractivity contribution in [2.75, 3.05) is 12.4 Å². The highest BCUT2D eigenvalue weighted by atomic mass is 35.5. The fourth-order valence-electron chi connectivity index (χ4n) is 1.21. The number of rotatable bonds is 4. The Bertz CT molecular complexity index is 426. The first-order chi connectivity index (χ1) is 8.45. The van der Waals surface area contributed by atoms with Gasteiger partial charge in [-0.05, 0) is 24.3 Å². The minimum absolute atomic E-state index is 0.183. The minimum Gasteiger partial charge on any atom is -0.349 e. The van der Waals surface area contributed by atoms with Crippen molar-refractivity contribution >= 4 is 17.5 Å². The van der Waals surface area contributed by atoms with Gasteiger partial charge in [0.25, 0.3) is 5.91 Å². The van der Waals surface area contributed by atoms with Crippen LogP contribution in [0.5, 0.6) is 0 Å². The highest BCUT2D eigenvalue weighted by Gasteiger charge is 2.30.